The van der Waals surface area contributed by atoms with E-state index in [1.54, 1.807) is 37.4 Å². The molecule has 4 aliphatic heterocycles. The average Bonchev–Trinajstić information content (AvgIpc) is 3.26. The lowest BCUT2D eigenvalue weighted by Gasteiger charge is -2.55. The van der Waals surface area contributed by atoms with E-state index in [9.17, 15) is 14.7 Å². The number of halogens is 3. The number of aromatic carboxylic acids is 1. The van der Waals surface area contributed by atoms with Gasteiger partial charge in [0.05, 0.1) is 70.3 Å². The van der Waals surface area contributed by atoms with Gasteiger partial charge in [0.2, 0.25) is 0 Å². The fraction of sp³-hybridized carbons (Fsp3) is 0.412. The number of benzene rings is 3. The fourth-order valence-corrected chi connectivity index (χ4v) is 7.99. The maximum Gasteiger partial charge on any atom is 0.337 e. The van der Waals surface area contributed by atoms with Gasteiger partial charge < -0.3 is 34.0 Å². The molecule has 4 aliphatic rings. The molecule has 2 bridgehead atoms. The summed E-state index contributed by atoms with van der Waals surface area (Å²) < 4.78 is 33.1. The second kappa shape index (κ2) is 11.6. The summed E-state index contributed by atoms with van der Waals surface area (Å²) in [6.45, 7) is 5.89. The molecular formula is C34H34Cl2FN3O6. The molecule has 0 radical (unpaired) electrons. The van der Waals surface area contributed by atoms with Gasteiger partial charge in [0, 0.05) is 36.0 Å². The van der Waals surface area contributed by atoms with E-state index in [-0.39, 0.29) is 63.7 Å². The van der Waals surface area contributed by atoms with Gasteiger partial charge in [0.1, 0.15) is 11.6 Å². The number of carbonyl (C=O) groups is 2. The lowest BCUT2D eigenvalue weighted by Crippen LogP contribution is -2.68. The van der Waals surface area contributed by atoms with Gasteiger partial charge in [-0.2, -0.15) is 0 Å². The highest BCUT2D eigenvalue weighted by Gasteiger charge is 2.47. The molecule has 3 fully saturated rings. The van der Waals surface area contributed by atoms with E-state index in [2.05, 4.69) is 23.6 Å². The van der Waals surface area contributed by atoms with Gasteiger partial charge in [0.25, 0.3) is 5.91 Å². The molecule has 12 heteroatoms. The van der Waals surface area contributed by atoms with E-state index in [0.29, 0.717) is 42.3 Å². The van der Waals surface area contributed by atoms with Gasteiger partial charge in [-0.25, -0.2) is 9.18 Å². The van der Waals surface area contributed by atoms with Crippen molar-refractivity contribution in [3.05, 3.63) is 75.0 Å². The fourth-order valence-electron chi connectivity index (χ4n) is 7.36. The second-order valence-electron chi connectivity index (χ2n) is 12.8. The predicted molar refractivity (Wildman–Crippen MR) is 173 cm³/mol. The highest BCUT2D eigenvalue weighted by Crippen LogP contribution is 2.44. The molecule has 242 valence electrons. The Hall–Kier alpha value is -3.57. The third-order valence-corrected chi connectivity index (χ3v) is 10.5. The van der Waals surface area contributed by atoms with Gasteiger partial charge in [-0.1, -0.05) is 41.4 Å². The van der Waals surface area contributed by atoms with Crippen LogP contribution in [0.5, 0.6) is 5.75 Å². The molecule has 3 atom stereocenters. The average molecular weight is 671 g/mol. The van der Waals surface area contributed by atoms with Crippen LogP contribution in [0.15, 0.2) is 42.5 Å². The first kappa shape index (κ1) is 31.1. The molecule has 3 aromatic carbocycles. The van der Waals surface area contributed by atoms with E-state index >= 15 is 4.39 Å². The summed E-state index contributed by atoms with van der Waals surface area (Å²) in [6.07, 6.45) is 1.82. The summed E-state index contributed by atoms with van der Waals surface area (Å²) >= 11 is 13.3. The van der Waals surface area contributed by atoms with Crippen molar-refractivity contribution in [2.45, 2.75) is 57.0 Å². The monoisotopic (exact) mass is 669 g/mol. The number of hydrogen-bond acceptors (Lipinski definition) is 7. The van der Waals surface area contributed by atoms with Gasteiger partial charge in [-0.15, -0.1) is 0 Å². The van der Waals surface area contributed by atoms with Crippen molar-refractivity contribution in [3.63, 3.8) is 0 Å². The van der Waals surface area contributed by atoms with Crippen LogP contribution in [0, 0.1) is 5.82 Å². The van der Waals surface area contributed by atoms with Crippen molar-refractivity contribution in [1.29, 1.82) is 0 Å². The summed E-state index contributed by atoms with van der Waals surface area (Å²) in [4.78, 5) is 31.7. The van der Waals surface area contributed by atoms with Gasteiger partial charge in [-0.05, 0) is 51.0 Å². The zero-order valence-electron chi connectivity index (χ0n) is 25.7. The standard InChI is InChI=1S/C34H34Cl2FN3O6/c1-34(2)29(44-3)14-39(34)21-9-25(35)30(26(36)10-21)32(41)38-13-18-5-4-6-22(31(18)46-17-38)23-12-28(24(33(42)43)11-27(23)37)40-19-7-8-20(40)16-45-15-19/h4-6,9-12,19-20,29H,7-8,13-17H2,1-3H3,(H,42,43). The number of methoxy groups -OCH3 is 1. The zero-order chi connectivity index (χ0) is 32.5. The number of anilines is 2. The molecule has 0 aromatic heterocycles. The lowest BCUT2D eigenvalue weighted by molar-refractivity contribution is 0.000665. The third kappa shape index (κ3) is 4.97. The van der Waals surface area contributed by atoms with E-state index in [0.717, 1.165) is 24.6 Å². The molecule has 7 rings (SSSR count). The van der Waals surface area contributed by atoms with Crippen LogP contribution < -0.4 is 14.5 Å². The number of rotatable bonds is 6. The first-order valence-corrected chi connectivity index (χ1v) is 16.0. The zero-order valence-corrected chi connectivity index (χ0v) is 27.2. The normalized spacial score (nSPS) is 23.1. The number of nitrogens with zero attached hydrogens (tertiary/aromatic N) is 3. The van der Waals surface area contributed by atoms with Crippen LogP contribution in [0.2, 0.25) is 10.0 Å². The van der Waals surface area contributed by atoms with E-state index in [1.165, 1.54) is 4.90 Å². The number of carboxylic acid groups (broad SMARTS) is 1. The first-order valence-electron chi connectivity index (χ1n) is 15.3. The van der Waals surface area contributed by atoms with Crippen molar-refractivity contribution in [2.75, 3.05) is 43.4 Å². The van der Waals surface area contributed by atoms with Gasteiger partial charge >= 0.3 is 5.97 Å². The van der Waals surface area contributed by atoms with Crippen molar-refractivity contribution in [3.8, 4) is 16.9 Å². The topological polar surface area (TPSA) is 91.8 Å². The van der Waals surface area contributed by atoms with E-state index in [1.807, 2.05) is 6.07 Å². The minimum absolute atomic E-state index is 0.0306. The molecule has 4 heterocycles. The van der Waals surface area contributed by atoms with Crippen LogP contribution in [-0.4, -0.2) is 79.2 Å². The SMILES string of the molecule is COC1CN(c2cc(Cl)c(C(=O)N3COc4c(cccc4-c4cc(N5C6CCC5COC6)c(C(=O)O)cc4F)C3)c(Cl)c2)C1(C)C. The van der Waals surface area contributed by atoms with Crippen molar-refractivity contribution < 1.29 is 33.3 Å². The number of hydrogen-bond donors (Lipinski definition) is 1. The van der Waals surface area contributed by atoms with Crippen molar-refractivity contribution in [1.82, 2.24) is 4.90 Å². The molecule has 1 N–H and O–H groups in total. The van der Waals surface area contributed by atoms with Crippen molar-refractivity contribution in [2.24, 2.45) is 0 Å². The first-order chi connectivity index (χ1) is 22.0. The Morgan fingerprint density at radius 1 is 1.04 bits per heavy atom. The number of morpholine rings is 1. The summed E-state index contributed by atoms with van der Waals surface area (Å²) in [5.41, 5.74) is 2.48. The van der Waals surface area contributed by atoms with E-state index < -0.39 is 17.7 Å². The number of amides is 1. The van der Waals surface area contributed by atoms with Crippen LogP contribution >= 0.6 is 23.2 Å². The van der Waals surface area contributed by atoms with Crippen LogP contribution in [0.1, 0.15) is 53.0 Å². The number of ether oxygens (including phenoxy) is 3. The molecule has 3 saturated heterocycles. The Bertz CT molecular complexity index is 1710. The Kier molecular flexibility index (Phi) is 7.83. The van der Waals surface area contributed by atoms with Gasteiger partial charge in [-0.3, -0.25) is 4.79 Å². The maximum absolute atomic E-state index is 15.7. The third-order valence-electron chi connectivity index (χ3n) is 9.90. The highest BCUT2D eigenvalue weighted by molar-refractivity contribution is 6.40. The second-order valence-corrected chi connectivity index (χ2v) is 13.6. The number of para-hydroxylation sites is 1. The van der Waals surface area contributed by atoms with Crippen LogP contribution in [0.4, 0.5) is 15.8 Å². The van der Waals surface area contributed by atoms with E-state index in [4.69, 9.17) is 37.4 Å². The molecule has 0 saturated carbocycles. The molecule has 0 aliphatic carbocycles. The van der Waals surface area contributed by atoms with Gasteiger partial charge in [0.15, 0.2) is 6.73 Å². The quantitative estimate of drug-likeness (QED) is 0.319. The minimum Gasteiger partial charge on any atom is -0.478 e. The smallest absolute Gasteiger partial charge is 0.337 e. The maximum atomic E-state index is 15.7. The minimum atomic E-state index is -1.19. The summed E-state index contributed by atoms with van der Waals surface area (Å²) in [7, 11) is 1.69. The van der Waals surface area contributed by atoms with Crippen LogP contribution in [0.25, 0.3) is 11.1 Å². The Balaban J connectivity index is 1.18. The highest BCUT2D eigenvalue weighted by atomic mass is 35.5. The predicted octanol–water partition coefficient (Wildman–Crippen LogP) is 6.47. The van der Waals surface area contributed by atoms with Crippen LogP contribution in [0.3, 0.4) is 0 Å². The Morgan fingerprint density at radius 2 is 1.74 bits per heavy atom. The summed E-state index contributed by atoms with van der Waals surface area (Å²) in [5, 5.41) is 10.4. The van der Waals surface area contributed by atoms with Crippen LogP contribution in [-0.2, 0) is 16.0 Å². The Labute approximate surface area is 276 Å². The van der Waals surface area contributed by atoms with Crippen molar-refractivity contribution >= 4 is 46.5 Å². The lowest BCUT2D eigenvalue weighted by atomic mass is 9.84. The molecule has 9 nitrogen and oxygen atoms in total. The molecular weight excluding hydrogens is 636 g/mol. The number of fused-ring (bicyclic) bond motifs is 3. The summed E-state index contributed by atoms with van der Waals surface area (Å²) in [5.74, 6) is -1.81. The largest absolute Gasteiger partial charge is 0.478 e. The molecule has 46 heavy (non-hydrogen) atoms. The summed E-state index contributed by atoms with van der Waals surface area (Å²) in [6, 6.07) is 11.6. The Morgan fingerprint density at radius 3 is 2.37 bits per heavy atom. The molecule has 3 aromatic rings. The number of carboxylic acids is 1. The molecule has 1 amide bonds. The number of carbonyl (C=O) groups excluding carboxylic acids is 1. The molecule has 3 unspecified atom stereocenters. The molecule has 0 spiro atoms.